The van der Waals surface area contributed by atoms with Gasteiger partial charge in [-0.15, -0.1) is 0 Å². The summed E-state index contributed by atoms with van der Waals surface area (Å²) in [5.41, 5.74) is 1.66. The summed E-state index contributed by atoms with van der Waals surface area (Å²) >= 11 is 9.38. The molecule has 152 valence electrons. The molecule has 1 saturated carbocycles. The van der Waals surface area contributed by atoms with Gasteiger partial charge in [-0.05, 0) is 54.2 Å². The Morgan fingerprint density at radius 2 is 1.73 bits per heavy atom. The Hall–Kier alpha value is -2.44. The van der Waals surface area contributed by atoms with Gasteiger partial charge in [0.25, 0.3) is 11.8 Å². The largest absolute Gasteiger partial charge is 0.488 e. The van der Waals surface area contributed by atoms with Gasteiger partial charge in [-0.3, -0.25) is 9.59 Å². The number of halogens is 2. The van der Waals surface area contributed by atoms with E-state index in [4.69, 9.17) is 16.3 Å². The summed E-state index contributed by atoms with van der Waals surface area (Å²) in [7, 11) is 0. The molecule has 30 heavy (non-hydrogen) atoms. The maximum absolute atomic E-state index is 12.8. The number of hydrogen-bond donors (Lipinski definition) is 0. The first-order valence-corrected chi connectivity index (χ1v) is 11.0. The van der Waals surface area contributed by atoms with Gasteiger partial charge in [0.1, 0.15) is 12.4 Å². The van der Waals surface area contributed by atoms with Crippen molar-refractivity contribution in [2.24, 2.45) is 28.8 Å². The second-order valence-electron chi connectivity index (χ2n) is 7.83. The topological polar surface area (TPSA) is 59.0 Å². The minimum absolute atomic E-state index is 0.167. The molecule has 3 aliphatic rings. The molecule has 4 atom stereocenters. The summed E-state index contributed by atoms with van der Waals surface area (Å²) in [6.45, 7) is 0.362. The first-order valence-electron chi connectivity index (χ1n) is 9.78. The highest BCUT2D eigenvalue weighted by Gasteiger charge is 2.59. The highest BCUT2D eigenvalue weighted by molar-refractivity contribution is 9.10. The third-order valence-electron chi connectivity index (χ3n) is 6.04. The van der Waals surface area contributed by atoms with E-state index in [1.54, 1.807) is 0 Å². The van der Waals surface area contributed by atoms with Crippen molar-refractivity contribution in [3.05, 3.63) is 75.2 Å². The van der Waals surface area contributed by atoms with E-state index >= 15 is 0 Å². The Morgan fingerprint density at radius 1 is 1.07 bits per heavy atom. The van der Waals surface area contributed by atoms with Gasteiger partial charge in [0.05, 0.1) is 18.1 Å². The highest BCUT2D eigenvalue weighted by Crippen LogP contribution is 2.52. The zero-order valence-corrected chi connectivity index (χ0v) is 18.2. The number of carbonyl (C=O) groups is 2. The SMILES string of the molecule is O=C1C2C3C=CC(C3)C2C(=O)N1N=Cc1cc(Br)ccc1OCc1ccc(Cl)cc1. The molecule has 5 nitrogen and oxygen atoms in total. The standard InChI is InChI=1S/C23H18BrClN2O3/c24-17-5-8-19(30-12-13-1-6-18(25)7-2-13)16(10-17)11-26-27-22(28)20-14-3-4-15(9-14)21(20)23(27)29/h1-8,10-11,14-15,20-21H,9,12H2. The average Bonchev–Trinajstić information content (AvgIpc) is 3.41. The quantitative estimate of drug-likeness (QED) is 0.346. The lowest BCUT2D eigenvalue weighted by molar-refractivity contribution is -0.140. The summed E-state index contributed by atoms with van der Waals surface area (Å²) in [5.74, 6) is 0.0357. The van der Waals surface area contributed by atoms with Gasteiger partial charge in [-0.2, -0.15) is 10.1 Å². The van der Waals surface area contributed by atoms with Gasteiger partial charge in [0.2, 0.25) is 0 Å². The number of fused-ring (bicyclic) bond motifs is 5. The minimum atomic E-state index is -0.257. The minimum Gasteiger partial charge on any atom is -0.488 e. The number of carbonyl (C=O) groups excluding carboxylic acids is 2. The smallest absolute Gasteiger partial charge is 0.254 e. The third-order valence-corrected chi connectivity index (χ3v) is 6.78. The molecule has 2 aliphatic carbocycles. The molecule has 1 aliphatic heterocycles. The van der Waals surface area contributed by atoms with Crippen molar-refractivity contribution in [2.45, 2.75) is 13.0 Å². The van der Waals surface area contributed by atoms with Crippen LogP contribution < -0.4 is 4.74 Å². The van der Waals surface area contributed by atoms with Gasteiger partial charge in [0.15, 0.2) is 0 Å². The monoisotopic (exact) mass is 484 g/mol. The molecular formula is C23H18BrClN2O3. The van der Waals surface area contributed by atoms with Gasteiger partial charge in [-0.1, -0.05) is 51.8 Å². The predicted octanol–water partition coefficient (Wildman–Crippen LogP) is 4.82. The molecule has 2 amide bonds. The normalized spacial score (nSPS) is 26.8. The second kappa shape index (κ2) is 7.67. The van der Waals surface area contributed by atoms with Crippen molar-refractivity contribution < 1.29 is 14.3 Å². The third kappa shape index (κ3) is 3.38. The van der Waals surface area contributed by atoms with Crippen LogP contribution in [0.4, 0.5) is 0 Å². The molecule has 2 aromatic rings. The fraction of sp³-hybridized carbons (Fsp3) is 0.261. The van der Waals surface area contributed by atoms with Crippen molar-refractivity contribution in [1.82, 2.24) is 5.01 Å². The molecule has 0 N–H and O–H groups in total. The van der Waals surface area contributed by atoms with E-state index in [9.17, 15) is 9.59 Å². The lowest BCUT2D eigenvalue weighted by atomic mass is 9.85. The van der Waals surface area contributed by atoms with Crippen LogP contribution in [0.25, 0.3) is 0 Å². The summed E-state index contributed by atoms with van der Waals surface area (Å²) in [5, 5.41) is 5.98. The molecule has 0 radical (unpaired) electrons. The first-order chi connectivity index (χ1) is 14.5. The average molecular weight is 486 g/mol. The summed E-state index contributed by atoms with van der Waals surface area (Å²) < 4.78 is 6.80. The molecular weight excluding hydrogens is 468 g/mol. The van der Waals surface area contributed by atoms with E-state index in [2.05, 4.69) is 33.2 Å². The summed E-state index contributed by atoms with van der Waals surface area (Å²) in [6.07, 6.45) is 6.56. The van der Waals surface area contributed by atoms with E-state index in [-0.39, 0.29) is 35.5 Å². The van der Waals surface area contributed by atoms with E-state index in [0.717, 1.165) is 21.5 Å². The van der Waals surface area contributed by atoms with Crippen molar-refractivity contribution in [3.63, 3.8) is 0 Å². The van der Waals surface area contributed by atoms with Crippen LogP contribution in [-0.2, 0) is 16.2 Å². The number of nitrogens with zero attached hydrogens (tertiary/aromatic N) is 2. The van der Waals surface area contributed by atoms with Crippen molar-refractivity contribution in [2.75, 3.05) is 0 Å². The molecule has 1 heterocycles. The van der Waals surface area contributed by atoms with E-state index in [0.29, 0.717) is 22.9 Å². The number of hydrazone groups is 1. The maximum Gasteiger partial charge on any atom is 0.254 e. The van der Waals surface area contributed by atoms with Gasteiger partial charge >= 0.3 is 0 Å². The van der Waals surface area contributed by atoms with E-state index in [1.165, 1.54) is 6.21 Å². The number of imide groups is 1. The Balaban J connectivity index is 1.35. The van der Waals surface area contributed by atoms with Gasteiger partial charge in [-0.25, -0.2) is 0 Å². The fourth-order valence-electron chi connectivity index (χ4n) is 4.61. The van der Waals surface area contributed by atoms with Crippen molar-refractivity contribution in [3.8, 4) is 5.75 Å². The van der Waals surface area contributed by atoms with Crippen LogP contribution in [0.1, 0.15) is 17.5 Å². The number of hydrogen-bond acceptors (Lipinski definition) is 4. The first kappa shape index (κ1) is 19.5. The Morgan fingerprint density at radius 3 is 2.40 bits per heavy atom. The summed E-state index contributed by atoms with van der Waals surface area (Å²) in [4.78, 5) is 25.6. The van der Waals surface area contributed by atoms with Crippen LogP contribution in [0.3, 0.4) is 0 Å². The number of rotatable bonds is 5. The fourth-order valence-corrected chi connectivity index (χ4v) is 5.12. The van der Waals surface area contributed by atoms with Crippen LogP contribution in [0.15, 0.2) is 64.2 Å². The van der Waals surface area contributed by atoms with Crippen molar-refractivity contribution >= 4 is 45.6 Å². The number of ether oxygens (including phenoxy) is 1. The molecule has 0 spiro atoms. The van der Waals surface area contributed by atoms with E-state index in [1.807, 2.05) is 42.5 Å². The van der Waals surface area contributed by atoms with E-state index < -0.39 is 0 Å². The molecule has 2 bridgehead atoms. The zero-order chi connectivity index (χ0) is 20.8. The molecule has 7 heteroatoms. The van der Waals surface area contributed by atoms with Crippen LogP contribution in [0, 0.1) is 23.7 Å². The Bertz CT molecular complexity index is 1050. The number of benzene rings is 2. The lowest BCUT2D eigenvalue weighted by Crippen LogP contribution is -2.28. The van der Waals surface area contributed by atoms with Crippen LogP contribution in [-0.4, -0.2) is 23.0 Å². The van der Waals surface area contributed by atoms with Gasteiger partial charge in [0, 0.05) is 15.1 Å². The number of allylic oxidation sites excluding steroid dienone is 2. The zero-order valence-electron chi connectivity index (χ0n) is 15.9. The molecule has 1 saturated heterocycles. The Labute approximate surface area is 187 Å². The molecule has 2 fully saturated rings. The van der Waals surface area contributed by atoms with Gasteiger partial charge < -0.3 is 4.74 Å². The maximum atomic E-state index is 12.8. The second-order valence-corrected chi connectivity index (χ2v) is 9.18. The molecule has 0 aromatic heterocycles. The highest BCUT2D eigenvalue weighted by atomic mass is 79.9. The lowest BCUT2D eigenvalue weighted by Gasteiger charge is -2.13. The van der Waals surface area contributed by atoms with Crippen LogP contribution >= 0.6 is 27.5 Å². The predicted molar refractivity (Wildman–Crippen MR) is 117 cm³/mol. The van der Waals surface area contributed by atoms with Crippen LogP contribution in [0.5, 0.6) is 5.75 Å². The van der Waals surface area contributed by atoms with Crippen molar-refractivity contribution in [1.29, 1.82) is 0 Å². The summed E-state index contributed by atoms with van der Waals surface area (Å²) in [6, 6.07) is 13.0. The molecule has 5 rings (SSSR count). The Kier molecular flexibility index (Phi) is 4.99. The number of amides is 2. The molecule has 2 aromatic carbocycles. The molecule has 4 unspecified atom stereocenters. The van der Waals surface area contributed by atoms with Crippen LogP contribution in [0.2, 0.25) is 5.02 Å².